The molecule has 1 aliphatic carbocycles. The molecule has 0 atom stereocenters. The first-order valence-electron chi connectivity index (χ1n) is 6.69. The molecule has 0 spiro atoms. The van der Waals surface area contributed by atoms with Crippen LogP contribution in [0.3, 0.4) is 0 Å². The molecule has 7 heteroatoms. The second kappa shape index (κ2) is 5.07. The zero-order valence-corrected chi connectivity index (χ0v) is 11.4. The fraction of sp³-hybridized carbons (Fsp3) is 0.538. The second-order valence-electron chi connectivity index (χ2n) is 5.23. The lowest BCUT2D eigenvalue weighted by atomic mass is 10.2. The molecule has 2 aromatic heterocycles. The maximum atomic E-state index is 11.9. The number of carbonyl (C=O) groups is 1. The summed E-state index contributed by atoms with van der Waals surface area (Å²) in [5.41, 5.74) is 0.291. The summed E-state index contributed by atoms with van der Waals surface area (Å²) in [5, 5.41) is 6.50. The highest BCUT2D eigenvalue weighted by Crippen LogP contribution is 2.39. The average molecular weight is 276 g/mol. The summed E-state index contributed by atoms with van der Waals surface area (Å²) in [4.78, 5) is 20.3. The van der Waals surface area contributed by atoms with E-state index in [1.54, 1.807) is 0 Å². The average Bonchev–Trinajstić information content (AvgIpc) is 2.98. The molecule has 1 fully saturated rings. The first-order valence-corrected chi connectivity index (χ1v) is 6.69. The molecule has 1 aliphatic rings. The molecule has 0 radical (unpaired) electrons. The van der Waals surface area contributed by atoms with E-state index >= 15 is 0 Å². The monoisotopic (exact) mass is 276 g/mol. The maximum Gasteiger partial charge on any atom is 0.273 e. The number of hydrogen-bond acceptors (Lipinski definition) is 6. The standard InChI is InChI=1S/C13H16N4O3/c1-7(2)12-16-10(17-20-12)5-14-11(18)9-6-19-13(15-9)8-3-4-8/h6-8H,3-5H2,1-2H3,(H,14,18). The molecule has 1 N–H and O–H groups in total. The number of carbonyl (C=O) groups excluding carboxylic acids is 1. The second-order valence-corrected chi connectivity index (χ2v) is 5.23. The van der Waals surface area contributed by atoms with Gasteiger partial charge in [-0.15, -0.1) is 0 Å². The van der Waals surface area contributed by atoms with Gasteiger partial charge in [0.05, 0.1) is 6.54 Å². The molecule has 7 nitrogen and oxygen atoms in total. The van der Waals surface area contributed by atoms with E-state index < -0.39 is 0 Å². The number of oxazole rings is 1. The van der Waals surface area contributed by atoms with Crippen molar-refractivity contribution in [2.24, 2.45) is 0 Å². The van der Waals surface area contributed by atoms with Gasteiger partial charge in [0.2, 0.25) is 5.89 Å². The maximum absolute atomic E-state index is 11.9. The van der Waals surface area contributed by atoms with Crippen LogP contribution in [0.2, 0.25) is 0 Å². The van der Waals surface area contributed by atoms with E-state index in [0.717, 1.165) is 12.8 Å². The molecule has 0 saturated heterocycles. The molecule has 0 unspecified atom stereocenters. The first-order chi connectivity index (χ1) is 9.63. The summed E-state index contributed by atoms with van der Waals surface area (Å²) in [6.07, 6.45) is 3.56. The van der Waals surface area contributed by atoms with Gasteiger partial charge in [0, 0.05) is 11.8 Å². The Morgan fingerprint density at radius 3 is 2.90 bits per heavy atom. The van der Waals surface area contributed by atoms with Crippen LogP contribution in [0.4, 0.5) is 0 Å². The zero-order chi connectivity index (χ0) is 14.1. The number of hydrogen-bond donors (Lipinski definition) is 1. The van der Waals surface area contributed by atoms with Crippen LogP contribution >= 0.6 is 0 Å². The number of aromatic nitrogens is 3. The molecule has 1 amide bonds. The van der Waals surface area contributed by atoms with Crippen molar-refractivity contribution in [1.82, 2.24) is 20.4 Å². The Balaban J connectivity index is 1.57. The summed E-state index contributed by atoms with van der Waals surface area (Å²) in [7, 11) is 0. The van der Waals surface area contributed by atoms with Crippen LogP contribution in [0.25, 0.3) is 0 Å². The van der Waals surface area contributed by atoms with Gasteiger partial charge in [-0.2, -0.15) is 4.98 Å². The Morgan fingerprint density at radius 2 is 2.25 bits per heavy atom. The molecule has 0 bridgehead atoms. The molecule has 20 heavy (non-hydrogen) atoms. The first kappa shape index (κ1) is 12.8. The summed E-state index contributed by atoms with van der Waals surface area (Å²) >= 11 is 0. The Kier molecular flexibility index (Phi) is 3.25. The van der Waals surface area contributed by atoms with E-state index in [1.165, 1.54) is 6.26 Å². The predicted molar refractivity (Wildman–Crippen MR) is 68.0 cm³/mol. The fourth-order valence-electron chi connectivity index (χ4n) is 1.73. The third-order valence-electron chi connectivity index (χ3n) is 3.07. The zero-order valence-electron chi connectivity index (χ0n) is 11.4. The van der Waals surface area contributed by atoms with E-state index in [1.807, 2.05) is 13.8 Å². The van der Waals surface area contributed by atoms with E-state index in [2.05, 4.69) is 20.4 Å². The van der Waals surface area contributed by atoms with Gasteiger partial charge in [-0.25, -0.2) is 4.98 Å². The van der Waals surface area contributed by atoms with Crippen molar-refractivity contribution in [3.05, 3.63) is 29.6 Å². The van der Waals surface area contributed by atoms with Crippen LogP contribution < -0.4 is 5.32 Å². The number of amides is 1. The molecule has 2 aromatic rings. The third kappa shape index (κ3) is 2.71. The summed E-state index contributed by atoms with van der Waals surface area (Å²) in [6, 6.07) is 0. The SMILES string of the molecule is CC(C)c1nc(CNC(=O)c2coc(C3CC3)n2)no1. The Hall–Kier alpha value is -2.18. The van der Waals surface area contributed by atoms with E-state index in [4.69, 9.17) is 8.94 Å². The van der Waals surface area contributed by atoms with Crippen molar-refractivity contribution >= 4 is 5.91 Å². The van der Waals surface area contributed by atoms with Crippen molar-refractivity contribution in [2.45, 2.75) is 45.1 Å². The number of nitrogens with zero attached hydrogens (tertiary/aromatic N) is 3. The predicted octanol–water partition coefficient (Wildman–Crippen LogP) is 1.99. The van der Waals surface area contributed by atoms with E-state index in [9.17, 15) is 4.79 Å². The molecule has 0 aliphatic heterocycles. The lowest BCUT2D eigenvalue weighted by Gasteiger charge is -1.97. The van der Waals surface area contributed by atoms with E-state index in [-0.39, 0.29) is 18.4 Å². The minimum Gasteiger partial charge on any atom is -0.448 e. The molecule has 106 valence electrons. The highest BCUT2D eigenvalue weighted by Gasteiger charge is 2.29. The van der Waals surface area contributed by atoms with Gasteiger partial charge < -0.3 is 14.3 Å². The van der Waals surface area contributed by atoms with Gasteiger partial charge in [-0.3, -0.25) is 4.79 Å². The van der Waals surface area contributed by atoms with Crippen LogP contribution in [-0.4, -0.2) is 21.0 Å². The summed E-state index contributed by atoms with van der Waals surface area (Å²) in [6.45, 7) is 4.13. The third-order valence-corrected chi connectivity index (χ3v) is 3.07. The molecule has 3 rings (SSSR count). The van der Waals surface area contributed by atoms with Crippen LogP contribution in [0.5, 0.6) is 0 Å². The van der Waals surface area contributed by atoms with Gasteiger partial charge in [0.1, 0.15) is 6.26 Å². The van der Waals surface area contributed by atoms with Crippen molar-refractivity contribution in [3.63, 3.8) is 0 Å². The smallest absolute Gasteiger partial charge is 0.273 e. The minimum atomic E-state index is -0.295. The molecule has 2 heterocycles. The van der Waals surface area contributed by atoms with Gasteiger partial charge in [-0.1, -0.05) is 19.0 Å². The highest BCUT2D eigenvalue weighted by atomic mass is 16.5. The molecule has 1 saturated carbocycles. The molecular weight excluding hydrogens is 260 g/mol. The molecular formula is C13H16N4O3. The summed E-state index contributed by atoms with van der Waals surface area (Å²) < 4.78 is 10.3. The van der Waals surface area contributed by atoms with Crippen LogP contribution in [0, 0.1) is 0 Å². The van der Waals surface area contributed by atoms with Gasteiger partial charge >= 0.3 is 0 Å². The topological polar surface area (TPSA) is 94.1 Å². The normalized spacial score (nSPS) is 14.8. The Morgan fingerprint density at radius 1 is 1.45 bits per heavy atom. The highest BCUT2D eigenvalue weighted by molar-refractivity contribution is 5.91. The molecule has 0 aromatic carbocycles. The number of rotatable bonds is 5. The Labute approximate surface area is 115 Å². The van der Waals surface area contributed by atoms with Gasteiger partial charge in [0.25, 0.3) is 5.91 Å². The quantitative estimate of drug-likeness (QED) is 0.897. The van der Waals surface area contributed by atoms with Crippen molar-refractivity contribution in [1.29, 1.82) is 0 Å². The van der Waals surface area contributed by atoms with Gasteiger partial charge in [0.15, 0.2) is 17.4 Å². The van der Waals surface area contributed by atoms with Crippen molar-refractivity contribution < 1.29 is 13.7 Å². The van der Waals surface area contributed by atoms with Gasteiger partial charge in [-0.05, 0) is 12.8 Å². The lowest BCUT2D eigenvalue weighted by molar-refractivity contribution is 0.0944. The lowest BCUT2D eigenvalue weighted by Crippen LogP contribution is -2.23. The van der Waals surface area contributed by atoms with Crippen molar-refractivity contribution in [3.8, 4) is 0 Å². The van der Waals surface area contributed by atoms with Crippen molar-refractivity contribution in [2.75, 3.05) is 0 Å². The van der Waals surface area contributed by atoms with Crippen LogP contribution in [0.1, 0.15) is 66.6 Å². The summed E-state index contributed by atoms with van der Waals surface area (Å²) in [5.74, 6) is 1.93. The minimum absolute atomic E-state index is 0.170. The van der Waals surface area contributed by atoms with E-state index in [0.29, 0.717) is 29.2 Å². The number of nitrogens with one attached hydrogen (secondary N) is 1. The fourth-order valence-corrected chi connectivity index (χ4v) is 1.73. The van der Waals surface area contributed by atoms with Crippen LogP contribution in [0.15, 0.2) is 15.2 Å². The largest absolute Gasteiger partial charge is 0.448 e. The Bertz CT molecular complexity index is 613. The van der Waals surface area contributed by atoms with Crippen LogP contribution in [-0.2, 0) is 6.54 Å².